The van der Waals surface area contributed by atoms with E-state index in [2.05, 4.69) is 14.9 Å². The van der Waals surface area contributed by atoms with E-state index in [-0.39, 0.29) is 11.3 Å². The van der Waals surface area contributed by atoms with Crippen LogP contribution in [-0.2, 0) is 19.5 Å². The number of ether oxygens (including phenoxy) is 2. The average molecular weight is 383 g/mol. The van der Waals surface area contributed by atoms with E-state index in [9.17, 15) is 9.90 Å². The molecule has 4 rings (SSSR count). The second-order valence-electron chi connectivity index (χ2n) is 6.61. The molecule has 1 aromatic carbocycles. The molecule has 3 aromatic rings. The number of fused-ring (bicyclic) bond motifs is 1. The number of phenolic OH excluding ortho intramolecular Hbond substituents is 1. The molecule has 2 N–H and O–H groups in total. The SMILES string of the molecule is COc1cc(O)cc(OC)c1CN1CCc2nc(-c3ccco3)[nH]c(=O)c2C1. The van der Waals surface area contributed by atoms with Crippen LogP contribution in [0.3, 0.4) is 0 Å². The molecule has 0 saturated heterocycles. The van der Waals surface area contributed by atoms with Gasteiger partial charge in [0, 0.05) is 38.2 Å². The normalized spacial score (nSPS) is 13.9. The summed E-state index contributed by atoms with van der Waals surface area (Å²) in [5, 5.41) is 9.82. The molecule has 1 aliphatic rings. The first-order valence-corrected chi connectivity index (χ1v) is 8.91. The number of H-pyrrole nitrogens is 1. The van der Waals surface area contributed by atoms with Crippen molar-refractivity contribution in [3.8, 4) is 28.8 Å². The van der Waals surface area contributed by atoms with Crippen molar-refractivity contribution < 1.29 is 19.0 Å². The molecule has 0 spiro atoms. The van der Waals surface area contributed by atoms with Crippen LogP contribution in [0.15, 0.2) is 39.7 Å². The molecule has 0 fully saturated rings. The largest absolute Gasteiger partial charge is 0.508 e. The summed E-state index contributed by atoms with van der Waals surface area (Å²) < 4.78 is 16.1. The topological polar surface area (TPSA) is 101 Å². The Morgan fingerprint density at radius 3 is 2.68 bits per heavy atom. The Labute approximate surface area is 161 Å². The Morgan fingerprint density at radius 1 is 1.29 bits per heavy atom. The Hall–Kier alpha value is -3.26. The molecule has 0 atom stereocenters. The molecule has 146 valence electrons. The highest BCUT2D eigenvalue weighted by molar-refractivity contribution is 5.50. The van der Waals surface area contributed by atoms with Gasteiger partial charge < -0.3 is 24.0 Å². The molecule has 28 heavy (non-hydrogen) atoms. The van der Waals surface area contributed by atoms with Crippen LogP contribution in [0, 0.1) is 0 Å². The molecule has 0 amide bonds. The van der Waals surface area contributed by atoms with Gasteiger partial charge in [-0.05, 0) is 12.1 Å². The van der Waals surface area contributed by atoms with Gasteiger partial charge in [0.15, 0.2) is 11.6 Å². The maximum Gasteiger partial charge on any atom is 0.256 e. The maximum atomic E-state index is 12.6. The predicted molar refractivity (Wildman–Crippen MR) is 102 cm³/mol. The Bertz CT molecular complexity index is 1020. The van der Waals surface area contributed by atoms with Gasteiger partial charge in [-0.1, -0.05) is 0 Å². The zero-order valence-corrected chi connectivity index (χ0v) is 15.7. The van der Waals surface area contributed by atoms with Crippen LogP contribution in [0.25, 0.3) is 11.6 Å². The molecule has 0 aliphatic carbocycles. The number of furan rings is 1. The monoisotopic (exact) mass is 383 g/mol. The third-order valence-electron chi connectivity index (χ3n) is 4.88. The van der Waals surface area contributed by atoms with Crippen LogP contribution in [0.4, 0.5) is 0 Å². The molecule has 8 heteroatoms. The van der Waals surface area contributed by atoms with Crippen LogP contribution < -0.4 is 15.0 Å². The van der Waals surface area contributed by atoms with Gasteiger partial charge in [-0.3, -0.25) is 9.69 Å². The molecule has 0 unspecified atom stereocenters. The molecule has 0 bridgehead atoms. The summed E-state index contributed by atoms with van der Waals surface area (Å²) in [5.41, 5.74) is 2.10. The highest BCUT2D eigenvalue weighted by atomic mass is 16.5. The summed E-state index contributed by atoms with van der Waals surface area (Å²) in [5.74, 6) is 2.16. The van der Waals surface area contributed by atoms with Crippen molar-refractivity contribution in [2.45, 2.75) is 19.5 Å². The number of hydrogen-bond acceptors (Lipinski definition) is 7. The average Bonchev–Trinajstić information content (AvgIpc) is 3.24. The maximum absolute atomic E-state index is 12.6. The third kappa shape index (κ3) is 3.34. The summed E-state index contributed by atoms with van der Waals surface area (Å²) in [6.07, 6.45) is 2.20. The molecular weight excluding hydrogens is 362 g/mol. The smallest absolute Gasteiger partial charge is 0.256 e. The van der Waals surface area contributed by atoms with Crippen molar-refractivity contribution in [2.24, 2.45) is 0 Å². The van der Waals surface area contributed by atoms with E-state index in [0.29, 0.717) is 48.2 Å². The molecular formula is C20H21N3O5. The van der Waals surface area contributed by atoms with E-state index in [0.717, 1.165) is 17.8 Å². The quantitative estimate of drug-likeness (QED) is 0.697. The van der Waals surface area contributed by atoms with Gasteiger partial charge in [0.05, 0.1) is 37.3 Å². The van der Waals surface area contributed by atoms with E-state index < -0.39 is 0 Å². The predicted octanol–water partition coefficient (Wildman–Crippen LogP) is 2.31. The molecule has 0 saturated carbocycles. The molecule has 3 heterocycles. The van der Waals surface area contributed by atoms with Gasteiger partial charge in [0.1, 0.15) is 17.2 Å². The number of nitrogens with zero attached hydrogens (tertiary/aromatic N) is 2. The standard InChI is InChI=1S/C20H21N3O5/c1-26-17-8-12(24)9-18(27-2)14(17)11-23-6-5-15-13(10-23)20(25)22-19(21-15)16-4-3-7-28-16/h3-4,7-9,24H,5-6,10-11H2,1-2H3,(H,21,22,25). The minimum Gasteiger partial charge on any atom is -0.508 e. The van der Waals surface area contributed by atoms with Crippen molar-refractivity contribution in [2.75, 3.05) is 20.8 Å². The zero-order chi connectivity index (χ0) is 19.7. The number of methoxy groups -OCH3 is 2. The highest BCUT2D eigenvalue weighted by Crippen LogP contribution is 2.35. The van der Waals surface area contributed by atoms with Crippen molar-refractivity contribution >= 4 is 0 Å². The van der Waals surface area contributed by atoms with Crippen LogP contribution in [0.2, 0.25) is 0 Å². The summed E-state index contributed by atoms with van der Waals surface area (Å²) in [6.45, 7) is 1.71. The summed E-state index contributed by atoms with van der Waals surface area (Å²) >= 11 is 0. The number of rotatable bonds is 5. The number of aromatic hydroxyl groups is 1. The fourth-order valence-electron chi connectivity index (χ4n) is 3.50. The minimum absolute atomic E-state index is 0.0764. The number of hydrogen-bond donors (Lipinski definition) is 2. The van der Waals surface area contributed by atoms with Gasteiger partial charge in [-0.2, -0.15) is 0 Å². The minimum atomic E-state index is -0.161. The summed E-state index contributed by atoms with van der Waals surface area (Å²) in [6, 6.07) is 6.64. The lowest BCUT2D eigenvalue weighted by atomic mass is 10.0. The number of aromatic nitrogens is 2. The third-order valence-corrected chi connectivity index (χ3v) is 4.88. The van der Waals surface area contributed by atoms with Gasteiger partial charge >= 0.3 is 0 Å². The number of nitrogens with one attached hydrogen (secondary N) is 1. The van der Waals surface area contributed by atoms with Crippen molar-refractivity contribution in [3.63, 3.8) is 0 Å². The van der Waals surface area contributed by atoms with Crippen LogP contribution in [0.5, 0.6) is 17.2 Å². The van der Waals surface area contributed by atoms with E-state index in [4.69, 9.17) is 13.9 Å². The number of benzene rings is 1. The fourth-order valence-corrected chi connectivity index (χ4v) is 3.50. The van der Waals surface area contributed by atoms with Gasteiger partial charge in [0.2, 0.25) is 0 Å². The first kappa shape index (κ1) is 18.1. The second kappa shape index (κ2) is 7.40. The molecule has 8 nitrogen and oxygen atoms in total. The fraction of sp³-hybridized carbons (Fsp3) is 0.300. The van der Waals surface area contributed by atoms with Crippen LogP contribution in [0.1, 0.15) is 16.8 Å². The van der Waals surface area contributed by atoms with Crippen LogP contribution in [-0.4, -0.2) is 40.7 Å². The van der Waals surface area contributed by atoms with Crippen molar-refractivity contribution in [1.29, 1.82) is 0 Å². The Morgan fingerprint density at radius 2 is 2.04 bits per heavy atom. The molecule has 2 aromatic heterocycles. The van der Waals surface area contributed by atoms with E-state index >= 15 is 0 Å². The summed E-state index contributed by atoms with van der Waals surface area (Å²) in [7, 11) is 3.10. The molecule has 0 radical (unpaired) electrons. The summed E-state index contributed by atoms with van der Waals surface area (Å²) in [4.78, 5) is 22.1. The van der Waals surface area contributed by atoms with Crippen molar-refractivity contribution in [1.82, 2.24) is 14.9 Å². The zero-order valence-electron chi connectivity index (χ0n) is 15.7. The lowest BCUT2D eigenvalue weighted by Gasteiger charge is -2.28. The highest BCUT2D eigenvalue weighted by Gasteiger charge is 2.24. The Kier molecular flexibility index (Phi) is 4.79. The second-order valence-corrected chi connectivity index (χ2v) is 6.61. The lowest BCUT2D eigenvalue weighted by Crippen LogP contribution is -2.35. The van der Waals surface area contributed by atoms with Gasteiger partial charge in [-0.15, -0.1) is 0 Å². The number of aromatic amines is 1. The van der Waals surface area contributed by atoms with Crippen molar-refractivity contribution in [3.05, 3.63) is 57.7 Å². The Balaban J connectivity index is 1.61. The number of phenols is 1. The van der Waals surface area contributed by atoms with E-state index in [1.54, 1.807) is 44.7 Å². The lowest BCUT2D eigenvalue weighted by molar-refractivity contribution is 0.233. The van der Waals surface area contributed by atoms with Gasteiger partial charge in [0.25, 0.3) is 5.56 Å². The first-order chi connectivity index (χ1) is 13.6. The van der Waals surface area contributed by atoms with Gasteiger partial charge in [-0.25, -0.2) is 4.98 Å². The first-order valence-electron chi connectivity index (χ1n) is 8.91. The van der Waals surface area contributed by atoms with Crippen LogP contribution >= 0.6 is 0 Å². The van der Waals surface area contributed by atoms with E-state index in [1.807, 2.05) is 0 Å². The molecule has 1 aliphatic heterocycles. The van der Waals surface area contributed by atoms with E-state index in [1.165, 1.54) is 0 Å².